The van der Waals surface area contributed by atoms with Crippen molar-refractivity contribution in [2.24, 2.45) is 0 Å². The number of hydrogen-bond donors (Lipinski definition) is 1. The molecule has 9 heteroatoms. The van der Waals surface area contributed by atoms with Crippen molar-refractivity contribution in [3.05, 3.63) is 93.7 Å². The molecule has 1 fully saturated rings. The van der Waals surface area contributed by atoms with Gasteiger partial charge in [0.15, 0.2) is 0 Å². The van der Waals surface area contributed by atoms with Gasteiger partial charge in [0.2, 0.25) is 5.88 Å². The largest absolute Gasteiger partial charge is 0.488 e. The van der Waals surface area contributed by atoms with Crippen molar-refractivity contribution in [3.63, 3.8) is 0 Å². The van der Waals surface area contributed by atoms with Gasteiger partial charge < -0.3 is 24.1 Å². The monoisotopic (exact) mass is 625 g/mol. The van der Waals surface area contributed by atoms with Gasteiger partial charge >= 0.3 is 5.97 Å². The van der Waals surface area contributed by atoms with Crippen LogP contribution in [0.4, 0.5) is 0 Å². The number of fused-ring (bicyclic) bond motifs is 1. The number of carbonyl (C=O) groups is 1. The van der Waals surface area contributed by atoms with E-state index >= 15 is 0 Å². The molecule has 1 aromatic heterocycles. The van der Waals surface area contributed by atoms with Gasteiger partial charge in [0.1, 0.15) is 17.9 Å². The Hall–Kier alpha value is -4.18. The summed E-state index contributed by atoms with van der Waals surface area (Å²) in [7, 11) is 0. The lowest BCUT2D eigenvalue weighted by Gasteiger charge is -2.34. The normalized spacial score (nSPS) is 16.7. The maximum Gasteiger partial charge on any atom is 0.342 e. The fraction of sp³-hybridized carbons (Fsp3) is 0.405. The zero-order chi connectivity index (χ0) is 32.2. The number of nitrogens with zero attached hydrogens (tertiary/aromatic N) is 3. The Balaban J connectivity index is 1.26. The predicted octanol–water partition coefficient (Wildman–Crippen LogP) is 6.17. The minimum Gasteiger partial charge on any atom is -0.488 e. The average Bonchev–Trinajstić information content (AvgIpc) is 3.48. The first-order valence-electron chi connectivity index (χ1n) is 16.2. The first-order chi connectivity index (χ1) is 22.4. The maximum atomic E-state index is 11.9. The van der Waals surface area contributed by atoms with Crippen LogP contribution in [0.1, 0.15) is 57.6 Å². The molecule has 3 aromatic carbocycles. The van der Waals surface area contributed by atoms with Gasteiger partial charge in [-0.3, -0.25) is 4.90 Å². The first kappa shape index (κ1) is 31.8. The predicted molar refractivity (Wildman–Crippen MR) is 176 cm³/mol. The lowest BCUT2D eigenvalue weighted by atomic mass is 9.93. The van der Waals surface area contributed by atoms with Gasteiger partial charge in [0.05, 0.1) is 44.4 Å². The van der Waals surface area contributed by atoms with Crippen LogP contribution in [0.5, 0.6) is 11.6 Å². The number of para-hydroxylation sites is 1. The highest BCUT2D eigenvalue weighted by Crippen LogP contribution is 2.39. The van der Waals surface area contributed by atoms with Crippen LogP contribution in [0.2, 0.25) is 0 Å². The summed E-state index contributed by atoms with van der Waals surface area (Å²) in [5.41, 5.74) is 10.1. The Morgan fingerprint density at radius 3 is 2.63 bits per heavy atom. The van der Waals surface area contributed by atoms with E-state index in [1.165, 1.54) is 22.9 Å². The summed E-state index contributed by atoms with van der Waals surface area (Å²) >= 11 is 0. The fourth-order valence-electron chi connectivity index (χ4n) is 6.71. The molecule has 0 amide bonds. The standard InChI is InChI=1S/C37H43N3O6/c1-5-29-30(10-8-12-34(29)40-36(44-6-2)32(19-38-40)37(41)42)31-11-7-9-24(3)35(31)46-22-26-17-25(4)33-21-39(14-13-27(33)18-26)20-28-23-43-15-16-45-28/h7-12,17-19,28H,5-6,13-16,20-23H2,1-4H3,(H,41,42). The third kappa shape index (κ3) is 6.54. The molecule has 9 nitrogen and oxygen atoms in total. The Morgan fingerprint density at radius 1 is 1.04 bits per heavy atom. The molecule has 0 bridgehead atoms. The minimum atomic E-state index is -1.07. The Kier molecular flexibility index (Phi) is 9.72. The van der Waals surface area contributed by atoms with Crippen LogP contribution in [0.25, 0.3) is 16.8 Å². The van der Waals surface area contributed by atoms with Crippen molar-refractivity contribution < 1.29 is 28.8 Å². The Labute approximate surface area is 270 Å². The van der Waals surface area contributed by atoms with E-state index in [-0.39, 0.29) is 17.5 Å². The van der Waals surface area contributed by atoms with Gasteiger partial charge in [-0.1, -0.05) is 49.4 Å². The molecule has 1 N–H and O–H groups in total. The number of ether oxygens (including phenoxy) is 4. The molecular weight excluding hydrogens is 582 g/mol. The van der Waals surface area contributed by atoms with Gasteiger partial charge in [-0.25, -0.2) is 9.48 Å². The molecule has 242 valence electrons. The molecule has 0 spiro atoms. The summed E-state index contributed by atoms with van der Waals surface area (Å²) in [6.07, 6.45) is 3.20. The molecule has 0 saturated carbocycles. The number of carboxylic acid groups (broad SMARTS) is 1. The highest BCUT2D eigenvalue weighted by molar-refractivity contribution is 5.90. The molecule has 2 aliphatic rings. The second-order valence-electron chi connectivity index (χ2n) is 12.0. The van der Waals surface area contributed by atoms with Gasteiger partial charge in [-0.2, -0.15) is 5.10 Å². The second kappa shape index (κ2) is 14.1. The summed E-state index contributed by atoms with van der Waals surface area (Å²) < 4.78 is 25.5. The molecule has 2 aliphatic heterocycles. The maximum absolute atomic E-state index is 11.9. The summed E-state index contributed by atoms with van der Waals surface area (Å²) in [6.45, 7) is 13.8. The fourth-order valence-corrected chi connectivity index (χ4v) is 6.71. The quantitative estimate of drug-likeness (QED) is 0.212. The van der Waals surface area contributed by atoms with Gasteiger partial charge in [-0.15, -0.1) is 0 Å². The third-order valence-electron chi connectivity index (χ3n) is 8.91. The lowest BCUT2D eigenvalue weighted by Crippen LogP contribution is -2.42. The molecule has 6 rings (SSSR count). The third-order valence-corrected chi connectivity index (χ3v) is 8.91. The number of carboxylic acids is 1. The van der Waals surface area contributed by atoms with E-state index in [1.807, 2.05) is 25.1 Å². The lowest BCUT2D eigenvalue weighted by molar-refractivity contribution is -0.0985. The molecule has 3 heterocycles. The minimum absolute atomic E-state index is 0.0368. The topological polar surface area (TPSA) is 95.3 Å². The number of aromatic carboxylic acids is 1. The van der Waals surface area contributed by atoms with Crippen LogP contribution in [-0.2, 0) is 35.5 Å². The van der Waals surface area contributed by atoms with E-state index in [0.717, 1.165) is 65.3 Å². The van der Waals surface area contributed by atoms with Crippen molar-refractivity contribution in [1.29, 1.82) is 0 Å². The molecule has 1 unspecified atom stereocenters. The molecule has 1 atom stereocenters. The number of aryl methyl sites for hydroxylation is 2. The van der Waals surface area contributed by atoms with E-state index in [1.54, 1.807) is 4.68 Å². The van der Waals surface area contributed by atoms with E-state index in [0.29, 0.717) is 39.5 Å². The Bertz CT molecular complexity index is 1710. The van der Waals surface area contributed by atoms with Crippen LogP contribution in [0, 0.1) is 13.8 Å². The van der Waals surface area contributed by atoms with Crippen LogP contribution >= 0.6 is 0 Å². The molecule has 4 aromatic rings. The van der Waals surface area contributed by atoms with Gasteiger partial charge in [0.25, 0.3) is 0 Å². The van der Waals surface area contributed by atoms with Crippen LogP contribution < -0.4 is 9.47 Å². The summed E-state index contributed by atoms with van der Waals surface area (Å²) in [5.74, 6) is -0.00992. The van der Waals surface area contributed by atoms with Gasteiger partial charge in [0, 0.05) is 25.2 Å². The van der Waals surface area contributed by atoms with E-state index in [9.17, 15) is 9.90 Å². The van der Waals surface area contributed by atoms with E-state index in [2.05, 4.69) is 61.1 Å². The summed E-state index contributed by atoms with van der Waals surface area (Å²) in [4.78, 5) is 14.4. The van der Waals surface area contributed by atoms with Crippen LogP contribution in [0.3, 0.4) is 0 Å². The summed E-state index contributed by atoms with van der Waals surface area (Å²) in [6, 6.07) is 16.8. The smallest absolute Gasteiger partial charge is 0.342 e. The first-order valence-corrected chi connectivity index (χ1v) is 16.2. The Morgan fingerprint density at radius 2 is 1.87 bits per heavy atom. The number of rotatable bonds is 11. The number of hydrogen-bond acceptors (Lipinski definition) is 7. The van der Waals surface area contributed by atoms with Crippen molar-refractivity contribution >= 4 is 5.97 Å². The van der Waals surface area contributed by atoms with Crippen molar-refractivity contribution in [3.8, 4) is 28.4 Å². The molecular formula is C37H43N3O6. The SMILES string of the molecule is CCOc1c(C(=O)O)cnn1-c1cccc(-c2cccc(C)c2OCc2cc(C)c3c(c2)CCN(CC2COCCO2)C3)c1CC. The highest BCUT2D eigenvalue weighted by atomic mass is 16.6. The second-order valence-corrected chi connectivity index (χ2v) is 12.0. The average molecular weight is 626 g/mol. The molecule has 0 radical (unpaired) electrons. The highest BCUT2D eigenvalue weighted by Gasteiger charge is 2.25. The van der Waals surface area contributed by atoms with Gasteiger partial charge in [-0.05, 0) is 78.6 Å². The molecule has 46 heavy (non-hydrogen) atoms. The zero-order valence-electron chi connectivity index (χ0n) is 27.2. The van der Waals surface area contributed by atoms with E-state index < -0.39 is 5.97 Å². The van der Waals surface area contributed by atoms with Crippen molar-refractivity contribution in [1.82, 2.24) is 14.7 Å². The van der Waals surface area contributed by atoms with Crippen molar-refractivity contribution in [2.45, 2.75) is 59.8 Å². The number of aromatic nitrogens is 2. The zero-order valence-corrected chi connectivity index (χ0v) is 27.2. The van der Waals surface area contributed by atoms with Crippen LogP contribution in [0.15, 0.2) is 54.7 Å². The summed E-state index contributed by atoms with van der Waals surface area (Å²) in [5, 5.41) is 14.2. The number of benzene rings is 3. The van der Waals surface area contributed by atoms with Crippen molar-refractivity contribution in [2.75, 3.05) is 39.5 Å². The van der Waals surface area contributed by atoms with E-state index in [4.69, 9.17) is 18.9 Å². The molecule has 0 aliphatic carbocycles. The molecule has 1 saturated heterocycles. The van der Waals surface area contributed by atoms with Crippen LogP contribution in [-0.4, -0.2) is 71.4 Å².